The molecular weight excluding hydrogens is 244 g/mol. The van der Waals surface area contributed by atoms with Gasteiger partial charge in [0.15, 0.2) is 0 Å². The maximum Gasteiger partial charge on any atom is 0.236 e. The van der Waals surface area contributed by atoms with Crippen LogP contribution < -0.4 is 0 Å². The Morgan fingerprint density at radius 3 is 2.71 bits per heavy atom. The lowest BCUT2D eigenvalue weighted by Crippen LogP contribution is -2.44. The SMILES string of the molecule is CC(Br)C(=O)N1CCCN(C)CC1C. The number of carbonyl (C=O) groups excluding carboxylic acids is 1. The van der Waals surface area contributed by atoms with Gasteiger partial charge in [0.25, 0.3) is 0 Å². The summed E-state index contributed by atoms with van der Waals surface area (Å²) in [6.07, 6.45) is 1.08. The third-order valence-corrected chi connectivity index (χ3v) is 3.06. The van der Waals surface area contributed by atoms with E-state index < -0.39 is 0 Å². The molecule has 82 valence electrons. The van der Waals surface area contributed by atoms with Crippen LogP contribution in [0.25, 0.3) is 0 Å². The van der Waals surface area contributed by atoms with Crippen molar-refractivity contribution in [1.29, 1.82) is 0 Å². The molecule has 1 rings (SSSR count). The fourth-order valence-corrected chi connectivity index (χ4v) is 2.19. The van der Waals surface area contributed by atoms with Crippen molar-refractivity contribution >= 4 is 21.8 Å². The fraction of sp³-hybridized carbons (Fsp3) is 0.900. The monoisotopic (exact) mass is 262 g/mol. The lowest BCUT2D eigenvalue weighted by Gasteiger charge is -2.29. The number of amides is 1. The highest BCUT2D eigenvalue weighted by Gasteiger charge is 2.25. The summed E-state index contributed by atoms with van der Waals surface area (Å²) < 4.78 is 0. The van der Waals surface area contributed by atoms with E-state index in [9.17, 15) is 4.79 Å². The highest BCUT2D eigenvalue weighted by Crippen LogP contribution is 2.12. The van der Waals surface area contributed by atoms with Gasteiger partial charge in [0.05, 0.1) is 4.83 Å². The van der Waals surface area contributed by atoms with Crippen LogP contribution >= 0.6 is 15.9 Å². The molecule has 0 spiro atoms. The van der Waals surface area contributed by atoms with E-state index in [2.05, 4.69) is 34.8 Å². The highest BCUT2D eigenvalue weighted by molar-refractivity contribution is 9.10. The van der Waals surface area contributed by atoms with Crippen molar-refractivity contribution in [3.05, 3.63) is 0 Å². The Bertz CT molecular complexity index is 208. The number of hydrogen-bond acceptors (Lipinski definition) is 2. The van der Waals surface area contributed by atoms with E-state index in [0.29, 0.717) is 6.04 Å². The Hall–Kier alpha value is -0.0900. The van der Waals surface area contributed by atoms with E-state index in [0.717, 1.165) is 26.1 Å². The summed E-state index contributed by atoms with van der Waals surface area (Å²) in [6, 6.07) is 0.329. The molecule has 1 heterocycles. The van der Waals surface area contributed by atoms with Crippen LogP contribution in [0.15, 0.2) is 0 Å². The van der Waals surface area contributed by atoms with Crippen LogP contribution in [0, 0.1) is 0 Å². The molecule has 1 amide bonds. The molecule has 0 saturated carbocycles. The molecule has 1 saturated heterocycles. The average Bonchev–Trinajstić information content (AvgIpc) is 2.25. The van der Waals surface area contributed by atoms with Gasteiger partial charge in [0.1, 0.15) is 0 Å². The predicted molar refractivity (Wildman–Crippen MR) is 61.7 cm³/mol. The average molecular weight is 263 g/mol. The summed E-state index contributed by atoms with van der Waals surface area (Å²) in [5, 5.41) is 0. The third kappa shape index (κ3) is 2.95. The molecule has 0 aliphatic carbocycles. The van der Waals surface area contributed by atoms with Gasteiger partial charge in [-0.1, -0.05) is 15.9 Å². The van der Waals surface area contributed by atoms with Crippen LogP contribution in [-0.4, -0.2) is 53.3 Å². The summed E-state index contributed by atoms with van der Waals surface area (Å²) >= 11 is 3.34. The van der Waals surface area contributed by atoms with Gasteiger partial charge in [0.2, 0.25) is 5.91 Å². The van der Waals surface area contributed by atoms with Crippen LogP contribution in [0.5, 0.6) is 0 Å². The van der Waals surface area contributed by atoms with Crippen molar-refractivity contribution in [3.63, 3.8) is 0 Å². The molecule has 2 unspecified atom stereocenters. The van der Waals surface area contributed by atoms with Crippen LogP contribution in [0.2, 0.25) is 0 Å². The largest absolute Gasteiger partial charge is 0.338 e. The Kier molecular flexibility index (Phi) is 4.38. The first-order chi connectivity index (χ1) is 6.52. The summed E-state index contributed by atoms with van der Waals surface area (Å²) in [5.74, 6) is 0.216. The lowest BCUT2D eigenvalue weighted by atomic mass is 10.2. The first kappa shape index (κ1) is 12.0. The van der Waals surface area contributed by atoms with E-state index in [1.54, 1.807) is 0 Å². The standard InChI is InChI=1S/C10H19BrN2O/c1-8-7-12(3)5-4-6-13(8)10(14)9(2)11/h8-9H,4-7H2,1-3H3. The molecule has 2 atom stereocenters. The van der Waals surface area contributed by atoms with Gasteiger partial charge >= 0.3 is 0 Å². The number of nitrogens with zero attached hydrogens (tertiary/aromatic N) is 2. The second-order valence-electron chi connectivity index (χ2n) is 4.11. The molecule has 0 aromatic rings. The predicted octanol–water partition coefficient (Wildman–Crippen LogP) is 1.32. The van der Waals surface area contributed by atoms with E-state index in [1.165, 1.54) is 0 Å². The highest BCUT2D eigenvalue weighted by atomic mass is 79.9. The number of likely N-dealkylation sites (N-methyl/N-ethyl adjacent to an activating group) is 1. The van der Waals surface area contributed by atoms with Crippen LogP contribution in [0.3, 0.4) is 0 Å². The normalized spacial score (nSPS) is 27.1. The zero-order valence-corrected chi connectivity index (χ0v) is 10.7. The van der Waals surface area contributed by atoms with Crippen molar-refractivity contribution in [2.45, 2.75) is 31.1 Å². The van der Waals surface area contributed by atoms with E-state index in [-0.39, 0.29) is 10.7 Å². The van der Waals surface area contributed by atoms with Gasteiger partial charge in [-0.25, -0.2) is 0 Å². The molecule has 0 aromatic carbocycles. The number of halogens is 1. The van der Waals surface area contributed by atoms with Crippen molar-refractivity contribution in [3.8, 4) is 0 Å². The molecule has 0 bridgehead atoms. The van der Waals surface area contributed by atoms with Crippen molar-refractivity contribution in [1.82, 2.24) is 9.80 Å². The molecule has 1 aliphatic heterocycles. The molecule has 14 heavy (non-hydrogen) atoms. The number of alkyl halides is 1. The summed E-state index contributed by atoms with van der Waals surface area (Å²) in [4.78, 5) is 16.0. The fourth-order valence-electron chi connectivity index (χ4n) is 1.93. The van der Waals surface area contributed by atoms with Crippen LogP contribution in [-0.2, 0) is 4.79 Å². The number of hydrogen-bond donors (Lipinski definition) is 0. The van der Waals surface area contributed by atoms with Crippen LogP contribution in [0.4, 0.5) is 0 Å². The molecule has 0 aromatic heterocycles. The van der Waals surface area contributed by atoms with Gasteiger partial charge in [-0.05, 0) is 33.9 Å². The Labute approximate surface area is 94.6 Å². The van der Waals surface area contributed by atoms with Crippen molar-refractivity contribution < 1.29 is 4.79 Å². The first-order valence-corrected chi connectivity index (χ1v) is 6.07. The molecule has 3 nitrogen and oxygen atoms in total. The summed E-state index contributed by atoms with van der Waals surface area (Å²) in [6.45, 7) is 6.97. The third-order valence-electron chi connectivity index (χ3n) is 2.67. The lowest BCUT2D eigenvalue weighted by molar-refractivity contribution is -0.131. The topological polar surface area (TPSA) is 23.6 Å². The Balaban J connectivity index is 2.63. The van der Waals surface area contributed by atoms with Gasteiger partial charge in [-0.2, -0.15) is 0 Å². The molecule has 4 heteroatoms. The quantitative estimate of drug-likeness (QED) is 0.666. The molecule has 1 aliphatic rings. The van der Waals surface area contributed by atoms with Crippen molar-refractivity contribution in [2.24, 2.45) is 0 Å². The van der Waals surface area contributed by atoms with E-state index >= 15 is 0 Å². The number of carbonyl (C=O) groups is 1. The van der Waals surface area contributed by atoms with Gasteiger partial charge in [-0.15, -0.1) is 0 Å². The van der Waals surface area contributed by atoms with E-state index in [1.807, 2.05) is 11.8 Å². The van der Waals surface area contributed by atoms with Gasteiger partial charge in [-0.3, -0.25) is 4.79 Å². The zero-order valence-electron chi connectivity index (χ0n) is 9.16. The first-order valence-electron chi connectivity index (χ1n) is 5.15. The van der Waals surface area contributed by atoms with Crippen molar-refractivity contribution in [2.75, 3.05) is 26.7 Å². The number of rotatable bonds is 1. The minimum Gasteiger partial charge on any atom is -0.338 e. The minimum absolute atomic E-state index is 0.0617. The summed E-state index contributed by atoms with van der Waals surface area (Å²) in [7, 11) is 2.11. The smallest absolute Gasteiger partial charge is 0.236 e. The Morgan fingerprint density at radius 2 is 2.14 bits per heavy atom. The van der Waals surface area contributed by atoms with E-state index in [4.69, 9.17) is 0 Å². The minimum atomic E-state index is -0.0617. The molecule has 1 fully saturated rings. The Morgan fingerprint density at radius 1 is 1.50 bits per heavy atom. The second kappa shape index (κ2) is 5.12. The maximum absolute atomic E-state index is 11.8. The second-order valence-corrected chi connectivity index (χ2v) is 5.49. The maximum atomic E-state index is 11.8. The van der Waals surface area contributed by atoms with Gasteiger partial charge in [0, 0.05) is 19.1 Å². The zero-order chi connectivity index (χ0) is 10.7. The molecule has 0 radical (unpaired) electrons. The van der Waals surface area contributed by atoms with Crippen LogP contribution in [0.1, 0.15) is 20.3 Å². The summed E-state index contributed by atoms with van der Waals surface area (Å²) in [5.41, 5.74) is 0. The van der Waals surface area contributed by atoms with Gasteiger partial charge < -0.3 is 9.80 Å². The molecular formula is C10H19BrN2O. The molecule has 0 N–H and O–H groups in total.